The Kier molecular flexibility index (Phi) is 2.97. The highest BCUT2D eigenvalue weighted by atomic mass is 31.2. The summed E-state index contributed by atoms with van der Waals surface area (Å²) >= 11 is 0. The summed E-state index contributed by atoms with van der Waals surface area (Å²) in [6, 6.07) is 8.89. The molecule has 0 amide bonds. The van der Waals surface area contributed by atoms with Gasteiger partial charge >= 0.3 is 0 Å². The molecule has 1 rings (SSSR count). The summed E-state index contributed by atoms with van der Waals surface area (Å²) in [5.74, 6) is 0. The molecule has 0 aliphatic carbocycles. The Hall–Kier alpha value is -0.480. The van der Waals surface area contributed by atoms with Crippen molar-refractivity contribution in [3.63, 3.8) is 0 Å². The van der Waals surface area contributed by atoms with Crippen LogP contribution in [0, 0.1) is 0 Å². The van der Waals surface area contributed by atoms with Crippen LogP contribution in [0.15, 0.2) is 24.3 Å². The van der Waals surface area contributed by atoms with Crippen LogP contribution in [0.2, 0.25) is 0 Å². The molecule has 0 fully saturated rings. The van der Waals surface area contributed by atoms with Crippen molar-refractivity contribution in [2.75, 3.05) is 13.3 Å². The first kappa shape index (κ1) is 11.6. The summed E-state index contributed by atoms with van der Waals surface area (Å²) in [7, 11) is 0. The Balaban J connectivity index is 3.22. The fourth-order valence-electron chi connectivity index (χ4n) is 1.35. The Morgan fingerprint density at radius 1 is 1.14 bits per heavy atom. The Morgan fingerprint density at radius 2 is 1.71 bits per heavy atom. The van der Waals surface area contributed by atoms with Gasteiger partial charge in [0.2, 0.25) is 0 Å². The Labute approximate surface area is 88.3 Å². The molecule has 0 bridgehead atoms. The maximum atomic E-state index is 4.27. The summed E-state index contributed by atoms with van der Waals surface area (Å²) < 4.78 is 0. The first-order valence-corrected chi connectivity index (χ1v) is 7.87. The third-order valence-electron chi connectivity index (χ3n) is 2.41. The van der Waals surface area contributed by atoms with Crippen LogP contribution in [0.3, 0.4) is 0 Å². The predicted octanol–water partition coefficient (Wildman–Crippen LogP) is 3.32. The van der Waals surface area contributed by atoms with Crippen LogP contribution in [0.5, 0.6) is 0 Å². The molecule has 0 aliphatic rings. The van der Waals surface area contributed by atoms with E-state index in [1.54, 1.807) is 0 Å². The Morgan fingerprint density at radius 3 is 2.14 bits per heavy atom. The van der Waals surface area contributed by atoms with Gasteiger partial charge in [0, 0.05) is 0 Å². The largest absolute Gasteiger partial charge is 0.0971 e. The molecule has 78 valence electrons. The smallest absolute Gasteiger partial charge is 0.0132 e. The fraction of sp³-hybridized carbons (Fsp3) is 0.462. The predicted molar refractivity (Wildman–Crippen MR) is 70.7 cm³/mol. The highest BCUT2D eigenvalue weighted by molar-refractivity contribution is 7.79. The first-order valence-electron chi connectivity index (χ1n) is 5.01. The van der Waals surface area contributed by atoms with Crippen LogP contribution in [-0.4, -0.2) is 19.6 Å². The zero-order valence-corrected chi connectivity index (χ0v) is 10.9. The SMILES string of the molecule is C=P(C)(C)c1cccc(C(C)(C)C)c1. The van der Waals surface area contributed by atoms with Gasteiger partial charge in [0.1, 0.15) is 0 Å². The molecular weight excluding hydrogens is 187 g/mol. The molecule has 0 heterocycles. The van der Waals surface area contributed by atoms with E-state index in [2.05, 4.69) is 64.7 Å². The molecule has 0 radical (unpaired) electrons. The monoisotopic (exact) mass is 208 g/mol. The van der Waals surface area contributed by atoms with Crippen molar-refractivity contribution < 1.29 is 0 Å². The van der Waals surface area contributed by atoms with Crippen LogP contribution in [0.1, 0.15) is 26.3 Å². The van der Waals surface area contributed by atoms with E-state index >= 15 is 0 Å². The normalized spacial score (nSPS) is 12.9. The molecule has 0 spiro atoms. The molecule has 0 unspecified atom stereocenters. The van der Waals surface area contributed by atoms with Gasteiger partial charge in [0.15, 0.2) is 0 Å². The van der Waals surface area contributed by atoms with Crippen molar-refractivity contribution in [1.29, 1.82) is 0 Å². The van der Waals surface area contributed by atoms with Crippen LogP contribution in [0.25, 0.3) is 0 Å². The number of hydrogen-bond acceptors (Lipinski definition) is 0. The number of hydrogen-bond donors (Lipinski definition) is 0. The average Bonchev–Trinajstić information content (AvgIpc) is 2.01. The maximum absolute atomic E-state index is 4.27. The second-order valence-electron chi connectivity index (χ2n) is 5.49. The number of benzene rings is 1. The van der Waals surface area contributed by atoms with Gasteiger partial charge in [0.05, 0.1) is 0 Å². The van der Waals surface area contributed by atoms with Crippen molar-refractivity contribution >= 4 is 18.5 Å². The third-order valence-corrected chi connectivity index (χ3v) is 4.09. The van der Waals surface area contributed by atoms with Crippen molar-refractivity contribution in [1.82, 2.24) is 0 Å². The van der Waals surface area contributed by atoms with Gasteiger partial charge in [0.25, 0.3) is 0 Å². The van der Waals surface area contributed by atoms with Crippen LogP contribution in [-0.2, 0) is 5.41 Å². The average molecular weight is 208 g/mol. The maximum Gasteiger partial charge on any atom is -0.0132 e. The molecule has 0 aliphatic heterocycles. The van der Waals surface area contributed by atoms with Crippen molar-refractivity contribution in [2.45, 2.75) is 26.2 Å². The summed E-state index contributed by atoms with van der Waals surface area (Å²) in [6.45, 7) is 10.2. The second kappa shape index (κ2) is 3.59. The molecule has 1 aromatic carbocycles. The van der Waals surface area contributed by atoms with E-state index in [9.17, 15) is 0 Å². The van der Waals surface area contributed by atoms with Gasteiger partial charge in [-0.3, -0.25) is 0 Å². The number of rotatable bonds is 1. The zero-order chi connectivity index (χ0) is 11.0. The lowest BCUT2D eigenvalue weighted by molar-refractivity contribution is 0.591. The van der Waals surface area contributed by atoms with Gasteiger partial charge in [-0.1, -0.05) is 58.2 Å². The van der Waals surface area contributed by atoms with Crippen molar-refractivity contribution in [2.24, 2.45) is 0 Å². The van der Waals surface area contributed by atoms with Crippen molar-refractivity contribution in [3.05, 3.63) is 29.8 Å². The lowest BCUT2D eigenvalue weighted by Crippen LogP contribution is -2.14. The van der Waals surface area contributed by atoms with Crippen LogP contribution >= 0.6 is 6.89 Å². The quantitative estimate of drug-likeness (QED) is 0.621. The van der Waals surface area contributed by atoms with E-state index < -0.39 is 6.89 Å². The minimum absolute atomic E-state index is 0.241. The van der Waals surface area contributed by atoms with Crippen LogP contribution < -0.4 is 5.30 Å². The first-order chi connectivity index (χ1) is 6.21. The Bertz CT molecular complexity index is 363. The molecule has 0 saturated heterocycles. The van der Waals surface area contributed by atoms with E-state index in [-0.39, 0.29) is 5.41 Å². The van der Waals surface area contributed by atoms with E-state index in [1.807, 2.05) is 0 Å². The van der Waals surface area contributed by atoms with Gasteiger partial charge in [-0.25, -0.2) is 0 Å². The molecular formula is C13H21P. The lowest BCUT2D eigenvalue weighted by Gasteiger charge is -2.22. The van der Waals surface area contributed by atoms with E-state index in [0.29, 0.717) is 0 Å². The van der Waals surface area contributed by atoms with Gasteiger partial charge in [-0.2, -0.15) is 0 Å². The molecule has 0 atom stereocenters. The molecule has 1 heteroatoms. The molecule has 14 heavy (non-hydrogen) atoms. The summed E-state index contributed by atoms with van der Waals surface area (Å²) in [4.78, 5) is 0. The minimum atomic E-state index is -1.11. The zero-order valence-electron chi connectivity index (χ0n) is 9.96. The summed E-state index contributed by atoms with van der Waals surface area (Å²) in [6.07, 6.45) is 4.27. The van der Waals surface area contributed by atoms with Gasteiger partial charge < -0.3 is 0 Å². The molecule has 1 aromatic rings. The van der Waals surface area contributed by atoms with Gasteiger partial charge in [-0.15, -0.1) is 0 Å². The highest BCUT2D eigenvalue weighted by Crippen LogP contribution is 2.35. The second-order valence-corrected chi connectivity index (χ2v) is 9.37. The fourth-order valence-corrected chi connectivity index (χ4v) is 2.33. The summed E-state index contributed by atoms with van der Waals surface area (Å²) in [5.41, 5.74) is 1.65. The minimum Gasteiger partial charge on any atom is -0.0971 e. The van der Waals surface area contributed by atoms with Crippen LogP contribution in [0.4, 0.5) is 0 Å². The van der Waals surface area contributed by atoms with E-state index in [0.717, 1.165) is 0 Å². The van der Waals surface area contributed by atoms with Gasteiger partial charge in [-0.05, 0) is 29.6 Å². The highest BCUT2D eigenvalue weighted by Gasteiger charge is 2.14. The molecule has 0 N–H and O–H groups in total. The lowest BCUT2D eigenvalue weighted by atomic mass is 9.87. The molecule has 0 aromatic heterocycles. The molecule has 0 nitrogen and oxygen atoms in total. The third kappa shape index (κ3) is 2.75. The van der Waals surface area contributed by atoms with E-state index in [1.165, 1.54) is 10.9 Å². The van der Waals surface area contributed by atoms with E-state index in [4.69, 9.17) is 0 Å². The summed E-state index contributed by atoms with van der Waals surface area (Å²) in [5, 5.41) is 1.42. The standard InChI is InChI=1S/C13H21P/c1-13(2,3)11-8-7-9-12(10-11)14(4,5)6/h7-10H,4H2,1-3,5-6H3. The topological polar surface area (TPSA) is 0 Å². The molecule has 0 saturated carbocycles. The van der Waals surface area contributed by atoms with Crippen molar-refractivity contribution in [3.8, 4) is 0 Å².